The van der Waals surface area contributed by atoms with Crippen LogP contribution in [0, 0.1) is 0 Å². The second kappa shape index (κ2) is 9.38. The fourth-order valence-electron chi connectivity index (χ4n) is 3.87. The summed E-state index contributed by atoms with van der Waals surface area (Å²) in [5, 5.41) is 11.6. The maximum absolute atomic E-state index is 12.8. The molecule has 1 atom stereocenters. The Morgan fingerprint density at radius 1 is 1.10 bits per heavy atom. The lowest BCUT2D eigenvalue weighted by Crippen LogP contribution is -2.32. The summed E-state index contributed by atoms with van der Waals surface area (Å²) in [4.78, 5) is 25.6. The molecule has 0 saturated carbocycles. The van der Waals surface area contributed by atoms with Crippen LogP contribution < -0.4 is 11.0 Å². The number of aryl methyl sites for hydroxylation is 2. The second-order valence-electron chi connectivity index (χ2n) is 7.31. The summed E-state index contributed by atoms with van der Waals surface area (Å²) in [6.45, 7) is 2.87. The van der Waals surface area contributed by atoms with Crippen molar-refractivity contribution >= 4 is 34.3 Å². The van der Waals surface area contributed by atoms with Crippen molar-refractivity contribution in [3.8, 4) is 0 Å². The van der Waals surface area contributed by atoms with Gasteiger partial charge < -0.3 is 5.32 Å². The lowest BCUT2D eigenvalue weighted by molar-refractivity contribution is -0.122. The number of benzene rings is 1. The van der Waals surface area contributed by atoms with E-state index in [1.165, 1.54) is 0 Å². The summed E-state index contributed by atoms with van der Waals surface area (Å²) in [5.74, 6) is 1.49. The zero-order valence-corrected chi connectivity index (χ0v) is 18.5. The summed E-state index contributed by atoms with van der Waals surface area (Å²) in [6.07, 6.45) is 4.90. The second-order valence-corrected chi connectivity index (χ2v) is 8.29. The number of hydrogen-bond donors (Lipinski definition) is 1. The summed E-state index contributed by atoms with van der Waals surface area (Å²) < 4.78 is 5.32. The first-order valence-electron chi connectivity index (χ1n) is 10.4. The molecule has 0 aliphatic rings. The summed E-state index contributed by atoms with van der Waals surface area (Å²) >= 11 is 1.72. The number of pyridine rings is 1. The Balaban J connectivity index is 1.52. The molecule has 3 aromatic heterocycles. The van der Waals surface area contributed by atoms with Crippen molar-refractivity contribution < 1.29 is 4.79 Å². The standard InChI is InChI=1S/C22H26N6O2S/c1-3-26-17-8-4-5-9-18(17)27(22(26)30)14-11-20(29)23-16(12-15-31-2)21-25-24-19-10-6-7-13-28(19)21/h4-10,13,16H,3,11-12,14-15H2,1-2H3,(H,23,29). The fraction of sp³-hybridized carbons (Fsp3) is 0.364. The van der Waals surface area contributed by atoms with Gasteiger partial charge in [0.2, 0.25) is 5.91 Å². The average molecular weight is 439 g/mol. The number of nitrogens with one attached hydrogen (secondary N) is 1. The number of rotatable bonds is 9. The van der Waals surface area contributed by atoms with Gasteiger partial charge >= 0.3 is 5.69 Å². The number of hydrogen-bond acceptors (Lipinski definition) is 5. The van der Waals surface area contributed by atoms with Gasteiger partial charge in [-0.25, -0.2) is 4.79 Å². The minimum atomic E-state index is -0.244. The van der Waals surface area contributed by atoms with Gasteiger partial charge in [0, 0.05) is 25.7 Å². The zero-order chi connectivity index (χ0) is 21.8. The van der Waals surface area contributed by atoms with Crippen molar-refractivity contribution in [2.45, 2.75) is 38.9 Å². The van der Waals surface area contributed by atoms with Crippen LogP contribution in [0.1, 0.15) is 31.6 Å². The van der Waals surface area contributed by atoms with E-state index in [2.05, 4.69) is 15.5 Å². The molecule has 162 valence electrons. The summed E-state index contributed by atoms with van der Waals surface area (Å²) in [6, 6.07) is 13.2. The highest BCUT2D eigenvalue weighted by atomic mass is 32.2. The minimum absolute atomic E-state index is 0.0844. The van der Waals surface area contributed by atoms with Crippen molar-refractivity contribution in [1.29, 1.82) is 0 Å². The molecular weight excluding hydrogens is 412 g/mol. The van der Waals surface area contributed by atoms with Crippen LogP contribution in [0.5, 0.6) is 0 Å². The maximum atomic E-state index is 12.8. The number of amides is 1. The number of para-hydroxylation sites is 2. The van der Waals surface area contributed by atoms with Gasteiger partial charge in [0.1, 0.15) is 0 Å². The number of fused-ring (bicyclic) bond motifs is 2. The topological polar surface area (TPSA) is 86.2 Å². The normalized spacial score (nSPS) is 12.5. The molecule has 1 aromatic carbocycles. The van der Waals surface area contributed by atoms with E-state index in [1.54, 1.807) is 20.9 Å². The first-order valence-corrected chi connectivity index (χ1v) is 11.8. The molecule has 0 aliphatic heterocycles. The van der Waals surface area contributed by atoms with Gasteiger partial charge in [0.15, 0.2) is 11.5 Å². The Morgan fingerprint density at radius 3 is 2.58 bits per heavy atom. The number of imidazole rings is 1. The van der Waals surface area contributed by atoms with Crippen LogP contribution in [-0.2, 0) is 17.9 Å². The van der Waals surface area contributed by atoms with Crippen molar-refractivity contribution in [2.24, 2.45) is 0 Å². The largest absolute Gasteiger partial charge is 0.346 e. The molecule has 0 bridgehead atoms. The molecule has 0 spiro atoms. The van der Waals surface area contributed by atoms with Crippen LogP contribution in [0.4, 0.5) is 0 Å². The van der Waals surface area contributed by atoms with E-state index in [4.69, 9.17) is 0 Å². The third-order valence-electron chi connectivity index (χ3n) is 5.40. The molecule has 31 heavy (non-hydrogen) atoms. The van der Waals surface area contributed by atoms with E-state index in [0.717, 1.165) is 34.7 Å². The van der Waals surface area contributed by atoms with Crippen LogP contribution in [0.15, 0.2) is 53.5 Å². The highest BCUT2D eigenvalue weighted by Crippen LogP contribution is 2.19. The third kappa shape index (κ3) is 4.23. The Morgan fingerprint density at radius 2 is 1.84 bits per heavy atom. The lowest BCUT2D eigenvalue weighted by atomic mass is 10.2. The van der Waals surface area contributed by atoms with Gasteiger partial charge in [0.05, 0.1) is 17.1 Å². The van der Waals surface area contributed by atoms with Crippen molar-refractivity contribution in [1.82, 2.24) is 29.0 Å². The lowest BCUT2D eigenvalue weighted by Gasteiger charge is -2.17. The highest BCUT2D eigenvalue weighted by Gasteiger charge is 2.20. The minimum Gasteiger partial charge on any atom is -0.346 e. The van der Waals surface area contributed by atoms with E-state index in [1.807, 2.05) is 66.2 Å². The molecule has 4 rings (SSSR count). The van der Waals surface area contributed by atoms with E-state index in [-0.39, 0.29) is 24.1 Å². The molecule has 8 nitrogen and oxygen atoms in total. The Labute approximate surface area is 184 Å². The molecule has 1 amide bonds. The van der Waals surface area contributed by atoms with Gasteiger partial charge in [-0.05, 0) is 49.6 Å². The molecule has 1 unspecified atom stereocenters. The highest BCUT2D eigenvalue weighted by molar-refractivity contribution is 7.98. The fourth-order valence-corrected chi connectivity index (χ4v) is 4.34. The molecule has 0 radical (unpaired) electrons. The Kier molecular flexibility index (Phi) is 6.41. The SMILES string of the molecule is CCn1c(=O)n(CCC(=O)NC(CCSC)c2nnc3ccccn23)c2ccccc21. The molecule has 9 heteroatoms. The van der Waals surface area contributed by atoms with Crippen LogP contribution >= 0.6 is 11.8 Å². The Hall–Kier alpha value is -3.07. The average Bonchev–Trinajstić information content (AvgIpc) is 3.33. The van der Waals surface area contributed by atoms with E-state index < -0.39 is 0 Å². The van der Waals surface area contributed by atoms with E-state index >= 15 is 0 Å². The number of thioether (sulfide) groups is 1. The van der Waals surface area contributed by atoms with E-state index in [0.29, 0.717) is 13.1 Å². The van der Waals surface area contributed by atoms with Crippen LogP contribution in [0.25, 0.3) is 16.7 Å². The summed E-state index contributed by atoms with van der Waals surface area (Å²) in [5.41, 5.74) is 2.41. The van der Waals surface area contributed by atoms with Crippen LogP contribution in [-0.4, -0.2) is 41.6 Å². The van der Waals surface area contributed by atoms with Gasteiger partial charge in [-0.15, -0.1) is 10.2 Å². The molecule has 0 aliphatic carbocycles. The third-order valence-corrected chi connectivity index (χ3v) is 6.05. The molecule has 3 heterocycles. The Bertz CT molecular complexity index is 1260. The maximum Gasteiger partial charge on any atom is 0.329 e. The first kappa shape index (κ1) is 21.2. The number of carbonyl (C=O) groups excluding carboxylic acids is 1. The predicted molar refractivity (Wildman–Crippen MR) is 123 cm³/mol. The molecule has 1 N–H and O–H groups in total. The zero-order valence-electron chi connectivity index (χ0n) is 17.7. The molecule has 0 fully saturated rings. The van der Waals surface area contributed by atoms with Crippen molar-refractivity contribution in [2.75, 3.05) is 12.0 Å². The predicted octanol–water partition coefficient (Wildman–Crippen LogP) is 2.87. The van der Waals surface area contributed by atoms with Gasteiger partial charge in [-0.3, -0.25) is 18.3 Å². The number of aromatic nitrogens is 5. The van der Waals surface area contributed by atoms with Crippen LogP contribution in [0.3, 0.4) is 0 Å². The first-order chi connectivity index (χ1) is 15.1. The molecule has 4 aromatic rings. The van der Waals surface area contributed by atoms with Gasteiger partial charge in [-0.2, -0.15) is 11.8 Å². The molecule has 0 saturated heterocycles. The smallest absolute Gasteiger partial charge is 0.329 e. The number of nitrogens with zero attached hydrogens (tertiary/aromatic N) is 5. The van der Waals surface area contributed by atoms with Crippen LogP contribution in [0.2, 0.25) is 0 Å². The number of carbonyl (C=O) groups is 1. The van der Waals surface area contributed by atoms with Crippen molar-refractivity contribution in [3.63, 3.8) is 0 Å². The molecular formula is C22H26N6O2S. The monoisotopic (exact) mass is 438 g/mol. The van der Waals surface area contributed by atoms with Gasteiger partial charge in [-0.1, -0.05) is 18.2 Å². The quantitative estimate of drug-likeness (QED) is 0.434. The van der Waals surface area contributed by atoms with E-state index in [9.17, 15) is 9.59 Å². The summed E-state index contributed by atoms with van der Waals surface area (Å²) in [7, 11) is 0. The van der Waals surface area contributed by atoms with Crippen molar-refractivity contribution in [3.05, 3.63) is 65.0 Å². The van der Waals surface area contributed by atoms with Gasteiger partial charge in [0.25, 0.3) is 0 Å².